The summed E-state index contributed by atoms with van der Waals surface area (Å²) >= 11 is 0. The molecule has 4 aliphatic heterocycles. The molecule has 8 fully saturated rings. The van der Waals surface area contributed by atoms with E-state index in [0.29, 0.717) is 25.7 Å². The van der Waals surface area contributed by atoms with Crippen LogP contribution >= 0.6 is 0 Å². The lowest BCUT2D eigenvalue weighted by atomic mass is 9.33. The predicted octanol–water partition coefficient (Wildman–Crippen LogP) is -0.162. The molecule has 466 valence electrons. The fourth-order valence-electron chi connectivity index (χ4n) is 16.7. The van der Waals surface area contributed by atoms with Crippen LogP contribution < -0.4 is 0 Å². The summed E-state index contributed by atoms with van der Waals surface area (Å²) in [5.74, 6) is -3.41. The summed E-state index contributed by atoms with van der Waals surface area (Å²) in [5.41, 5.74) is -3.07. The summed E-state index contributed by atoms with van der Waals surface area (Å²) in [4.78, 5) is 52.4. The molecule has 4 heterocycles. The molecule has 0 aromatic carbocycles. The second kappa shape index (κ2) is 23.2. The van der Waals surface area contributed by atoms with Crippen LogP contribution in [0.4, 0.5) is 0 Å². The lowest BCUT2D eigenvalue weighted by Gasteiger charge is -2.71. The van der Waals surface area contributed by atoms with Crippen molar-refractivity contribution >= 4 is 23.9 Å². The number of aliphatic hydroxyl groups is 10. The summed E-state index contributed by atoms with van der Waals surface area (Å²) in [7, 11) is 0. The van der Waals surface area contributed by atoms with Gasteiger partial charge in [0.25, 0.3) is 0 Å². The SMILES string of the molecule is CC(=O)O[C@H]1[C@H](O[C@H]2CC[C@]3(C)[C@H]4CC=C5[C@@H]6C[C@](C)(C(=O)O)CC[C@]6(C(=O)O[C@@H]6O[C@H](CO[C@@H]7O[C@H](CO)[C@@H](O[C@@H]8O[C@@H](C)[C@H](O)[C@@H](O)[C@H]8O)[C@H](O)[C@H]7O)[C@@H](O)[C@H](O)[C@H]6O)CC[C@@]5(C)[C@]4(C)CC[C@H]3C2(C)C)OC[C@H](OC(C)=O)[C@@H]1O. The van der Waals surface area contributed by atoms with Gasteiger partial charge in [0.15, 0.2) is 31.1 Å². The third-order valence-electron chi connectivity index (χ3n) is 21.8. The molecule has 25 nitrogen and oxygen atoms in total. The number of hydrogen-bond acceptors (Lipinski definition) is 24. The second-order valence-electron chi connectivity index (χ2n) is 26.7. The average Bonchev–Trinajstić information content (AvgIpc) is 3.48. The Hall–Kier alpha value is -3.06. The van der Waals surface area contributed by atoms with Crippen LogP contribution in [0.25, 0.3) is 0 Å². The van der Waals surface area contributed by atoms with Gasteiger partial charge in [-0.1, -0.05) is 46.3 Å². The number of hydrogen-bond donors (Lipinski definition) is 11. The Bertz CT molecular complexity index is 2390. The maximum absolute atomic E-state index is 15.2. The van der Waals surface area contributed by atoms with E-state index in [2.05, 4.69) is 40.7 Å². The molecule has 0 radical (unpaired) electrons. The highest BCUT2D eigenvalue weighted by atomic mass is 16.8. The van der Waals surface area contributed by atoms with Crippen LogP contribution in [0, 0.1) is 50.2 Å². The molecular weight excluding hydrogens is 1080 g/mol. The Kier molecular flexibility index (Phi) is 18.0. The van der Waals surface area contributed by atoms with Crippen LogP contribution in [0.2, 0.25) is 0 Å². The van der Waals surface area contributed by atoms with Crippen molar-refractivity contribution in [3.05, 3.63) is 11.6 Å². The van der Waals surface area contributed by atoms with Crippen molar-refractivity contribution in [2.75, 3.05) is 19.8 Å². The van der Waals surface area contributed by atoms with Gasteiger partial charge in [-0.2, -0.15) is 0 Å². The second-order valence-corrected chi connectivity index (χ2v) is 26.7. The number of carbonyl (C=O) groups is 4. The molecule has 25 heteroatoms. The quantitative estimate of drug-likeness (QED) is 0.0494. The number of ether oxygens (including phenoxy) is 10. The first-order valence-corrected chi connectivity index (χ1v) is 29.0. The van der Waals surface area contributed by atoms with Crippen molar-refractivity contribution in [1.29, 1.82) is 0 Å². The number of aliphatic hydroxyl groups excluding tert-OH is 10. The molecule has 0 spiro atoms. The minimum Gasteiger partial charge on any atom is -0.481 e. The molecule has 0 aromatic rings. The molecule has 0 aromatic heterocycles. The molecule has 82 heavy (non-hydrogen) atoms. The molecule has 4 saturated carbocycles. The van der Waals surface area contributed by atoms with Gasteiger partial charge >= 0.3 is 23.9 Å². The lowest BCUT2D eigenvalue weighted by molar-refractivity contribution is -0.361. The number of aliphatic carboxylic acids is 1. The highest BCUT2D eigenvalue weighted by molar-refractivity contribution is 5.81. The maximum Gasteiger partial charge on any atom is 0.315 e. The Labute approximate surface area is 476 Å². The van der Waals surface area contributed by atoms with E-state index in [-0.39, 0.29) is 54.6 Å². The van der Waals surface area contributed by atoms with Gasteiger partial charge in [0.2, 0.25) is 6.29 Å². The van der Waals surface area contributed by atoms with Gasteiger partial charge in [-0.15, -0.1) is 0 Å². The largest absolute Gasteiger partial charge is 0.481 e. The summed E-state index contributed by atoms with van der Waals surface area (Å²) in [6.07, 6.45) is -23.5. The number of esters is 3. The summed E-state index contributed by atoms with van der Waals surface area (Å²) < 4.78 is 58.3. The van der Waals surface area contributed by atoms with Gasteiger partial charge in [0, 0.05) is 13.8 Å². The zero-order valence-corrected chi connectivity index (χ0v) is 48.2. The summed E-state index contributed by atoms with van der Waals surface area (Å²) in [6, 6.07) is 0. The molecule has 11 N–H and O–H groups in total. The van der Waals surface area contributed by atoms with Gasteiger partial charge < -0.3 is 104 Å². The zero-order valence-electron chi connectivity index (χ0n) is 48.2. The first-order chi connectivity index (χ1) is 38.3. The first kappa shape index (κ1) is 63.4. The standard InChI is InChI=1S/C57H88O25/c1-24-35(61)38(64)41(67)47(75-24)81-44-29(21-58)78-46(43(69)40(44)66)73-22-30-36(62)39(65)42(68)48(79-30)82-51(72)57-18-16-53(6,50(70)71)20-28(57)27-10-11-33-54(7)14-13-34(52(4,5)32(54)12-15-56(33,9)55(27,8)17-19-57)80-49-45(77-26(3)60)37(63)31(23-74-49)76-25(2)59/h10,24,28-49,58,61-69H,11-23H2,1-9H3,(H,70,71)/t24-,28-,29+,30+,31-,32-,33+,34-,35-,36+,37-,38+,39-,40+,41+,42+,43+,44+,45+,46+,47-,48-,49-,53+,54-,55+,56+,57-/m0/s1. The molecule has 5 aliphatic carbocycles. The Morgan fingerprint density at radius 1 is 0.622 bits per heavy atom. The number of allylic oxidation sites excluding steroid dienone is 2. The molecule has 9 aliphatic rings. The molecular formula is C57H88O25. The van der Waals surface area contributed by atoms with E-state index in [4.69, 9.17) is 47.4 Å². The highest BCUT2D eigenvalue weighted by Crippen LogP contribution is 2.76. The van der Waals surface area contributed by atoms with E-state index in [1.165, 1.54) is 20.8 Å². The van der Waals surface area contributed by atoms with E-state index < -0.39 is 181 Å². The minimum absolute atomic E-state index is 0.111. The normalized spacial score (nSPS) is 50.9. The molecule has 28 atom stereocenters. The first-order valence-electron chi connectivity index (χ1n) is 29.0. The topological polar surface area (TPSA) is 383 Å². The fourth-order valence-corrected chi connectivity index (χ4v) is 16.7. The Morgan fingerprint density at radius 3 is 1.91 bits per heavy atom. The van der Waals surface area contributed by atoms with E-state index in [9.17, 15) is 70.6 Å². The van der Waals surface area contributed by atoms with Crippen molar-refractivity contribution in [1.82, 2.24) is 0 Å². The minimum atomic E-state index is -1.97. The lowest BCUT2D eigenvalue weighted by Crippen LogP contribution is -2.66. The summed E-state index contributed by atoms with van der Waals surface area (Å²) in [5, 5.41) is 119. The van der Waals surface area contributed by atoms with Crippen LogP contribution in [0.5, 0.6) is 0 Å². The van der Waals surface area contributed by atoms with Crippen LogP contribution in [-0.2, 0) is 66.5 Å². The van der Waals surface area contributed by atoms with E-state index in [0.717, 1.165) is 24.8 Å². The van der Waals surface area contributed by atoms with Crippen molar-refractivity contribution in [2.45, 2.75) is 249 Å². The number of rotatable bonds is 13. The third kappa shape index (κ3) is 10.7. The monoisotopic (exact) mass is 1170 g/mol. The van der Waals surface area contributed by atoms with Crippen LogP contribution in [0.1, 0.15) is 127 Å². The number of fused-ring (bicyclic) bond motifs is 7. The number of carboxylic acid groups (broad SMARTS) is 1. The highest BCUT2D eigenvalue weighted by Gasteiger charge is 2.71. The van der Waals surface area contributed by atoms with Crippen molar-refractivity contribution < 1.29 is 123 Å². The smallest absolute Gasteiger partial charge is 0.315 e. The Balaban J connectivity index is 0.909. The van der Waals surface area contributed by atoms with Gasteiger partial charge in [0.05, 0.1) is 42.9 Å². The third-order valence-corrected chi connectivity index (χ3v) is 21.8. The molecule has 4 saturated heterocycles. The molecule has 0 unspecified atom stereocenters. The van der Waals surface area contributed by atoms with Gasteiger partial charge in [-0.25, -0.2) is 0 Å². The van der Waals surface area contributed by atoms with E-state index in [1.54, 1.807) is 6.92 Å². The van der Waals surface area contributed by atoms with Gasteiger partial charge in [0.1, 0.15) is 73.2 Å². The van der Waals surface area contributed by atoms with E-state index >= 15 is 4.79 Å². The van der Waals surface area contributed by atoms with Crippen molar-refractivity contribution in [3.63, 3.8) is 0 Å². The van der Waals surface area contributed by atoms with Crippen LogP contribution in [0.3, 0.4) is 0 Å². The average molecular weight is 1170 g/mol. The Morgan fingerprint density at radius 2 is 1.26 bits per heavy atom. The van der Waals surface area contributed by atoms with Crippen molar-refractivity contribution in [2.24, 2.45) is 50.2 Å². The molecule has 0 amide bonds. The predicted molar refractivity (Wildman–Crippen MR) is 276 cm³/mol. The van der Waals surface area contributed by atoms with E-state index in [1.807, 2.05) is 0 Å². The zero-order chi connectivity index (χ0) is 60.1. The molecule has 9 rings (SSSR count). The molecule has 0 bridgehead atoms. The van der Waals surface area contributed by atoms with Crippen molar-refractivity contribution in [3.8, 4) is 0 Å². The number of carboxylic acids is 1. The van der Waals surface area contributed by atoms with Crippen LogP contribution in [0.15, 0.2) is 11.6 Å². The van der Waals surface area contributed by atoms with Gasteiger partial charge in [-0.3, -0.25) is 19.2 Å². The summed E-state index contributed by atoms with van der Waals surface area (Å²) in [6.45, 7) is 15.1. The maximum atomic E-state index is 15.2. The van der Waals surface area contributed by atoms with Crippen LogP contribution in [-0.4, -0.2) is 223 Å². The number of carbonyl (C=O) groups excluding carboxylic acids is 3. The fraction of sp³-hybridized carbons (Fsp3) is 0.895. The van der Waals surface area contributed by atoms with Gasteiger partial charge in [-0.05, 0) is 117 Å².